The first-order valence-corrected chi connectivity index (χ1v) is 8.72. The van der Waals surface area contributed by atoms with Crippen LogP contribution in [0.3, 0.4) is 0 Å². The second-order valence-corrected chi connectivity index (χ2v) is 6.55. The van der Waals surface area contributed by atoms with Crippen molar-refractivity contribution in [3.63, 3.8) is 0 Å². The van der Waals surface area contributed by atoms with Gasteiger partial charge in [-0.3, -0.25) is 0 Å². The minimum atomic E-state index is -0.0462. The van der Waals surface area contributed by atoms with Gasteiger partial charge in [-0.05, 0) is 51.2 Å². The Morgan fingerprint density at radius 3 is 2.74 bits per heavy atom. The third kappa shape index (κ3) is 4.69. The maximum atomic E-state index is 9.62. The van der Waals surface area contributed by atoms with Crippen LogP contribution < -0.4 is 0 Å². The normalized spacial score (nSPS) is 17.8. The van der Waals surface area contributed by atoms with Crippen molar-refractivity contribution in [3.05, 3.63) is 33.9 Å². The number of rotatable bonds is 6. The van der Waals surface area contributed by atoms with Gasteiger partial charge in [0.15, 0.2) is 0 Å². The number of ether oxygens (including phenoxy) is 1. The van der Waals surface area contributed by atoms with Crippen molar-refractivity contribution >= 4 is 17.7 Å². The van der Waals surface area contributed by atoms with E-state index in [2.05, 4.69) is 23.4 Å². The zero-order valence-electron chi connectivity index (χ0n) is 14.3. The summed E-state index contributed by atoms with van der Waals surface area (Å²) in [6, 6.07) is 0. The van der Waals surface area contributed by atoms with Crippen molar-refractivity contribution in [2.45, 2.75) is 53.2 Å². The van der Waals surface area contributed by atoms with Crippen molar-refractivity contribution in [3.8, 4) is 0 Å². The molecule has 0 saturated carbocycles. The van der Waals surface area contributed by atoms with Crippen LogP contribution in [-0.2, 0) is 17.9 Å². The van der Waals surface area contributed by atoms with E-state index in [0.717, 1.165) is 66.8 Å². The standard InChI is InChI=1S/C18H27ClN2O2/c1-4-13(2)16(19)5-6-17-14(3)21(18(12-22)20-17)11-15-7-9-23-10-8-15/h5-6,15,22H,4,7-12H2,1-3H3/b6-5-,16-13-. The number of allylic oxidation sites excluding steroid dienone is 3. The largest absolute Gasteiger partial charge is 0.388 e. The van der Waals surface area contributed by atoms with Gasteiger partial charge in [-0.15, -0.1) is 0 Å². The maximum Gasteiger partial charge on any atom is 0.135 e. The summed E-state index contributed by atoms with van der Waals surface area (Å²) in [5.41, 5.74) is 3.11. The summed E-state index contributed by atoms with van der Waals surface area (Å²) >= 11 is 6.26. The quantitative estimate of drug-likeness (QED) is 0.796. The number of aliphatic hydroxyl groups is 1. The van der Waals surface area contributed by atoms with Crippen LogP contribution in [0.25, 0.3) is 6.08 Å². The molecular formula is C18H27ClN2O2. The number of hydrogen-bond donors (Lipinski definition) is 1. The van der Waals surface area contributed by atoms with Crippen LogP contribution in [0.15, 0.2) is 16.7 Å². The molecule has 23 heavy (non-hydrogen) atoms. The van der Waals surface area contributed by atoms with Crippen molar-refractivity contribution < 1.29 is 9.84 Å². The Bertz CT molecular complexity index is 584. The molecule has 0 aromatic carbocycles. The Labute approximate surface area is 143 Å². The molecule has 2 rings (SSSR count). The summed E-state index contributed by atoms with van der Waals surface area (Å²) in [5.74, 6) is 1.31. The molecule has 128 valence electrons. The Morgan fingerprint density at radius 2 is 2.13 bits per heavy atom. The zero-order chi connectivity index (χ0) is 16.8. The Kier molecular flexibility index (Phi) is 6.88. The molecule has 1 N–H and O–H groups in total. The Balaban J connectivity index is 2.20. The van der Waals surface area contributed by atoms with Crippen molar-refractivity contribution in [2.24, 2.45) is 5.92 Å². The average molecular weight is 339 g/mol. The molecule has 1 aliphatic heterocycles. The first-order valence-electron chi connectivity index (χ1n) is 8.34. The van der Waals surface area contributed by atoms with Crippen LogP contribution >= 0.6 is 11.6 Å². The van der Waals surface area contributed by atoms with Crippen LogP contribution in [0.5, 0.6) is 0 Å². The highest BCUT2D eigenvalue weighted by molar-refractivity contribution is 6.31. The van der Waals surface area contributed by atoms with Crippen molar-refractivity contribution in [2.75, 3.05) is 13.2 Å². The van der Waals surface area contributed by atoms with E-state index in [1.807, 2.05) is 19.1 Å². The van der Waals surface area contributed by atoms with Crippen LogP contribution in [0.2, 0.25) is 0 Å². The molecule has 2 heterocycles. The second-order valence-electron chi connectivity index (χ2n) is 6.14. The molecule has 1 aromatic heterocycles. The molecule has 0 amide bonds. The van der Waals surface area contributed by atoms with Gasteiger partial charge in [0.05, 0.1) is 5.69 Å². The number of nitrogens with zero attached hydrogens (tertiary/aromatic N) is 2. The number of imidazole rings is 1. The smallest absolute Gasteiger partial charge is 0.135 e. The fraction of sp³-hybridized carbons (Fsp3) is 0.611. The summed E-state index contributed by atoms with van der Waals surface area (Å²) in [6.45, 7) is 8.67. The first-order chi connectivity index (χ1) is 11.1. The SMILES string of the molecule is CC/C(C)=C(Cl)/C=C\c1nc(CO)n(CC2CCOCC2)c1C. The van der Waals surface area contributed by atoms with Gasteiger partial charge in [0.25, 0.3) is 0 Å². The molecule has 4 nitrogen and oxygen atoms in total. The highest BCUT2D eigenvalue weighted by Crippen LogP contribution is 2.22. The molecule has 1 saturated heterocycles. The lowest BCUT2D eigenvalue weighted by Crippen LogP contribution is -2.22. The van der Waals surface area contributed by atoms with Gasteiger partial charge in [0.2, 0.25) is 0 Å². The van der Waals surface area contributed by atoms with Crippen LogP contribution in [0.4, 0.5) is 0 Å². The van der Waals surface area contributed by atoms with E-state index < -0.39 is 0 Å². The second kappa shape index (κ2) is 8.67. The van der Waals surface area contributed by atoms with Crippen molar-refractivity contribution in [1.29, 1.82) is 0 Å². The molecule has 1 aliphatic rings. The predicted octanol–water partition coefficient (Wildman–Crippen LogP) is 4.05. The van der Waals surface area contributed by atoms with E-state index in [1.54, 1.807) is 0 Å². The van der Waals surface area contributed by atoms with Gasteiger partial charge in [-0.2, -0.15) is 0 Å². The van der Waals surface area contributed by atoms with E-state index in [-0.39, 0.29) is 6.61 Å². The van der Waals surface area contributed by atoms with Gasteiger partial charge in [0, 0.05) is 30.5 Å². The monoisotopic (exact) mass is 338 g/mol. The van der Waals surface area contributed by atoms with E-state index >= 15 is 0 Å². The van der Waals surface area contributed by atoms with Gasteiger partial charge in [0.1, 0.15) is 12.4 Å². The highest BCUT2D eigenvalue weighted by atomic mass is 35.5. The summed E-state index contributed by atoms with van der Waals surface area (Å²) in [4.78, 5) is 4.56. The van der Waals surface area contributed by atoms with Crippen LogP contribution in [0, 0.1) is 12.8 Å². The molecule has 0 spiro atoms. The van der Waals surface area contributed by atoms with E-state index in [9.17, 15) is 5.11 Å². The fourth-order valence-electron chi connectivity index (χ4n) is 2.78. The van der Waals surface area contributed by atoms with E-state index in [1.165, 1.54) is 0 Å². The lowest BCUT2D eigenvalue weighted by molar-refractivity contribution is 0.0604. The number of aromatic nitrogens is 2. The predicted molar refractivity (Wildman–Crippen MR) is 94.3 cm³/mol. The van der Waals surface area contributed by atoms with E-state index in [4.69, 9.17) is 16.3 Å². The zero-order valence-corrected chi connectivity index (χ0v) is 15.1. The molecule has 0 bridgehead atoms. The number of halogens is 1. The molecule has 5 heteroatoms. The minimum absolute atomic E-state index is 0.0462. The topological polar surface area (TPSA) is 47.3 Å². The number of aliphatic hydroxyl groups excluding tert-OH is 1. The molecule has 0 aliphatic carbocycles. The average Bonchev–Trinajstić information content (AvgIpc) is 2.88. The third-order valence-corrected chi connectivity index (χ3v) is 5.03. The summed E-state index contributed by atoms with van der Waals surface area (Å²) in [5, 5.41) is 10.4. The van der Waals surface area contributed by atoms with Crippen LogP contribution in [0.1, 0.15) is 50.3 Å². The molecular weight excluding hydrogens is 312 g/mol. The van der Waals surface area contributed by atoms with Gasteiger partial charge in [-0.25, -0.2) is 4.98 Å². The molecule has 0 atom stereocenters. The van der Waals surface area contributed by atoms with Gasteiger partial charge < -0.3 is 14.4 Å². The lowest BCUT2D eigenvalue weighted by Gasteiger charge is -2.23. The van der Waals surface area contributed by atoms with Crippen molar-refractivity contribution in [1.82, 2.24) is 9.55 Å². The molecule has 1 fully saturated rings. The fourth-order valence-corrected chi connectivity index (χ4v) is 2.98. The summed E-state index contributed by atoms with van der Waals surface area (Å²) in [7, 11) is 0. The highest BCUT2D eigenvalue weighted by Gasteiger charge is 2.18. The number of hydrogen-bond acceptors (Lipinski definition) is 3. The third-order valence-electron chi connectivity index (χ3n) is 4.59. The summed E-state index contributed by atoms with van der Waals surface area (Å²) < 4.78 is 7.56. The summed E-state index contributed by atoms with van der Waals surface area (Å²) in [6.07, 6.45) is 6.91. The van der Waals surface area contributed by atoms with Gasteiger partial charge >= 0.3 is 0 Å². The minimum Gasteiger partial charge on any atom is -0.388 e. The molecule has 0 unspecified atom stereocenters. The van der Waals surface area contributed by atoms with Gasteiger partial charge in [-0.1, -0.05) is 24.1 Å². The maximum absolute atomic E-state index is 9.62. The van der Waals surface area contributed by atoms with E-state index in [0.29, 0.717) is 5.92 Å². The Morgan fingerprint density at radius 1 is 1.43 bits per heavy atom. The molecule has 0 radical (unpaired) electrons. The Hall–Kier alpha value is -1.10. The first kappa shape index (κ1) is 18.2. The lowest BCUT2D eigenvalue weighted by atomic mass is 10.0. The van der Waals surface area contributed by atoms with Crippen LogP contribution in [-0.4, -0.2) is 27.9 Å². The molecule has 1 aromatic rings.